The minimum atomic E-state index is -1.86. The van der Waals surface area contributed by atoms with Gasteiger partial charge in [-0.15, -0.1) is 0 Å². The fourth-order valence-electron chi connectivity index (χ4n) is 2.24. The van der Waals surface area contributed by atoms with Crippen LogP contribution in [0.15, 0.2) is 24.3 Å². The zero-order valence-corrected chi connectivity index (χ0v) is 18.0. The topological polar surface area (TPSA) is 47.9 Å². The van der Waals surface area contributed by atoms with Crippen LogP contribution in [-0.4, -0.2) is 39.9 Å². The Morgan fingerprint density at radius 1 is 1.12 bits per heavy atom. The summed E-state index contributed by atoms with van der Waals surface area (Å²) in [6.45, 7) is 14.6. The Morgan fingerprint density at radius 3 is 2.20 bits per heavy atom. The highest BCUT2D eigenvalue weighted by Crippen LogP contribution is 2.38. The summed E-state index contributed by atoms with van der Waals surface area (Å²) in [6.07, 6.45) is 0.825. The Bertz CT molecular complexity index is 493. The molecule has 0 unspecified atom stereocenters. The molecule has 1 rings (SSSR count). The molecule has 0 aliphatic carbocycles. The molecule has 0 radical (unpaired) electrons. The summed E-state index contributed by atoms with van der Waals surface area (Å²) in [5.41, 5.74) is 1.12. The van der Waals surface area contributed by atoms with Gasteiger partial charge in [0, 0.05) is 19.1 Å². The maximum Gasteiger partial charge on any atom is 0.192 e. The first kappa shape index (κ1) is 22.2. The second kappa shape index (κ2) is 9.71. The lowest BCUT2D eigenvalue weighted by molar-refractivity contribution is 0.0388. The second-order valence-corrected chi connectivity index (χ2v) is 13.0. The number of benzene rings is 1. The molecule has 0 aromatic heterocycles. The summed E-state index contributed by atoms with van der Waals surface area (Å²) in [4.78, 5) is 0. The number of hydrogen-bond acceptors (Lipinski definition) is 4. The van der Waals surface area contributed by atoms with E-state index in [0.29, 0.717) is 13.2 Å². The van der Waals surface area contributed by atoms with Gasteiger partial charge in [-0.25, -0.2) is 0 Å². The minimum Gasteiger partial charge on any atom is -0.497 e. The Morgan fingerprint density at radius 2 is 1.72 bits per heavy atom. The van der Waals surface area contributed by atoms with Crippen molar-refractivity contribution in [1.29, 1.82) is 0 Å². The molecule has 0 bridgehead atoms. The van der Waals surface area contributed by atoms with E-state index in [4.69, 9.17) is 13.9 Å². The Kier molecular flexibility index (Phi) is 8.61. The van der Waals surface area contributed by atoms with Crippen LogP contribution in [0.4, 0.5) is 0 Å². The normalized spacial score (nSPS) is 15.0. The van der Waals surface area contributed by atoms with Gasteiger partial charge in [-0.3, -0.25) is 0 Å². The van der Waals surface area contributed by atoms with Crippen molar-refractivity contribution in [2.75, 3.05) is 20.3 Å². The summed E-state index contributed by atoms with van der Waals surface area (Å²) >= 11 is 0. The van der Waals surface area contributed by atoms with Crippen molar-refractivity contribution in [3.63, 3.8) is 0 Å². The van der Waals surface area contributed by atoms with Crippen LogP contribution >= 0.6 is 0 Å². The average molecular weight is 369 g/mol. The van der Waals surface area contributed by atoms with Gasteiger partial charge in [0.1, 0.15) is 5.75 Å². The smallest absolute Gasteiger partial charge is 0.192 e. The van der Waals surface area contributed by atoms with Crippen LogP contribution in [0.1, 0.15) is 39.7 Å². The van der Waals surface area contributed by atoms with Gasteiger partial charge in [-0.1, -0.05) is 39.8 Å². The van der Waals surface area contributed by atoms with Crippen molar-refractivity contribution < 1.29 is 19.0 Å². The zero-order chi connectivity index (χ0) is 19.1. The molecular formula is C20H36O4Si. The largest absolute Gasteiger partial charge is 0.497 e. The van der Waals surface area contributed by atoms with E-state index in [1.165, 1.54) is 0 Å². The second-order valence-electron chi connectivity index (χ2n) is 8.27. The molecule has 0 aliphatic heterocycles. The van der Waals surface area contributed by atoms with Crippen LogP contribution < -0.4 is 4.74 Å². The van der Waals surface area contributed by atoms with Crippen molar-refractivity contribution in [1.82, 2.24) is 0 Å². The van der Waals surface area contributed by atoms with Crippen LogP contribution in [0.25, 0.3) is 0 Å². The highest BCUT2D eigenvalue weighted by Gasteiger charge is 2.39. The molecule has 25 heavy (non-hydrogen) atoms. The van der Waals surface area contributed by atoms with E-state index in [0.717, 1.165) is 17.7 Å². The van der Waals surface area contributed by atoms with Crippen LogP contribution in [0.3, 0.4) is 0 Å². The van der Waals surface area contributed by atoms with E-state index in [1.807, 2.05) is 31.2 Å². The fraction of sp³-hybridized carbons (Fsp3) is 0.700. The van der Waals surface area contributed by atoms with Crippen molar-refractivity contribution >= 4 is 8.32 Å². The lowest BCUT2D eigenvalue weighted by Gasteiger charge is -2.40. The van der Waals surface area contributed by atoms with E-state index in [-0.39, 0.29) is 23.7 Å². The van der Waals surface area contributed by atoms with Crippen molar-refractivity contribution in [3.8, 4) is 5.75 Å². The van der Waals surface area contributed by atoms with Crippen LogP contribution in [0, 0.1) is 5.92 Å². The Balaban J connectivity index is 2.53. The standard InChI is InChI=1S/C20H36O4Si/c1-16(14-21)19(24-25(6,7)20(2,3)4)12-13-23-15-17-8-10-18(22-5)11-9-17/h8-11,16,19,21H,12-15H2,1-7H3/t16-,19-/m1/s1. The van der Waals surface area contributed by atoms with E-state index < -0.39 is 8.32 Å². The molecule has 144 valence electrons. The number of ether oxygens (including phenoxy) is 2. The first-order valence-electron chi connectivity index (χ1n) is 9.10. The quantitative estimate of drug-likeness (QED) is 0.483. The molecule has 0 heterocycles. The van der Waals surface area contributed by atoms with E-state index in [2.05, 4.69) is 33.9 Å². The number of aliphatic hydroxyl groups is 1. The predicted molar refractivity (Wildman–Crippen MR) is 106 cm³/mol. The highest BCUT2D eigenvalue weighted by atomic mass is 28.4. The lowest BCUT2D eigenvalue weighted by Crippen LogP contribution is -2.46. The van der Waals surface area contributed by atoms with Gasteiger partial charge >= 0.3 is 0 Å². The molecule has 0 saturated carbocycles. The first-order chi connectivity index (χ1) is 11.6. The van der Waals surface area contributed by atoms with Gasteiger partial charge in [0.05, 0.1) is 19.8 Å². The number of hydrogen-bond donors (Lipinski definition) is 1. The fourth-order valence-corrected chi connectivity index (χ4v) is 3.70. The Hall–Kier alpha value is -0.883. The van der Waals surface area contributed by atoms with Gasteiger partial charge in [0.2, 0.25) is 0 Å². The number of aliphatic hydroxyl groups excluding tert-OH is 1. The predicted octanol–water partition coefficient (Wildman–Crippen LogP) is 4.62. The van der Waals surface area contributed by atoms with Crippen molar-refractivity contribution in [3.05, 3.63) is 29.8 Å². The molecule has 0 spiro atoms. The summed E-state index contributed by atoms with van der Waals surface area (Å²) < 4.78 is 17.5. The SMILES string of the molecule is COc1ccc(COCC[C@@H](O[Si](C)(C)C(C)(C)C)[C@H](C)CO)cc1. The third-order valence-corrected chi connectivity index (χ3v) is 9.65. The molecule has 0 aliphatic rings. The maximum atomic E-state index is 9.57. The molecule has 4 nitrogen and oxygen atoms in total. The molecule has 2 atom stereocenters. The number of methoxy groups -OCH3 is 1. The molecule has 0 fully saturated rings. The van der Waals surface area contributed by atoms with Gasteiger partial charge < -0.3 is 19.0 Å². The third kappa shape index (κ3) is 7.10. The lowest BCUT2D eigenvalue weighted by atomic mass is 10.0. The van der Waals surface area contributed by atoms with Gasteiger partial charge in [-0.2, -0.15) is 0 Å². The van der Waals surface area contributed by atoms with E-state index >= 15 is 0 Å². The van der Waals surface area contributed by atoms with Crippen molar-refractivity contribution in [2.45, 2.75) is 65.0 Å². The van der Waals surface area contributed by atoms with Crippen LogP contribution in [-0.2, 0) is 15.8 Å². The van der Waals surface area contributed by atoms with Crippen molar-refractivity contribution in [2.24, 2.45) is 5.92 Å². The molecule has 5 heteroatoms. The summed E-state index contributed by atoms with van der Waals surface area (Å²) in [5.74, 6) is 0.960. The van der Waals surface area contributed by atoms with Gasteiger partial charge in [-0.05, 0) is 42.2 Å². The first-order valence-corrected chi connectivity index (χ1v) is 12.0. The minimum absolute atomic E-state index is 0.0294. The third-order valence-electron chi connectivity index (χ3n) is 5.15. The van der Waals surface area contributed by atoms with E-state index in [1.54, 1.807) is 7.11 Å². The van der Waals surface area contributed by atoms with Crippen LogP contribution in [0.2, 0.25) is 18.1 Å². The summed E-state index contributed by atoms with van der Waals surface area (Å²) in [7, 11) is -0.199. The van der Waals surface area contributed by atoms with Crippen LogP contribution in [0.5, 0.6) is 5.75 Å². The zero-order valence-electron chi connectivity index (χ0n) is 17.0. The molecular weight excluding hydrogens is 332 g/mol. The molecule has 0 amide bonds. The maximum absolute atomic E-state index is 9.57. The highest BCUT2D eigenvalue weighted by molar-refractivity contribution is 6.74. The Labute approximate surface area is 154 Å². The molecule has 1 aromatic rings. The molecule has 1 N–H and O–H groups in total. The molecule has 1 aromatic carbocycles. The monoisotopic (exact) mass is 368 g/mol. The summed E-state index contributed by atoms with van der Waals surface area (Å²) in [5, 5.41) is 9.73. The average Bonchev–Trinajstić information content (AvgIpc) is 2.56. The summed E-state index contributed by atoms with van der Waals surface area (Å²) in [6, 6.07) is 7.91. The van der Waals surface area contributed by atoms with Gasteiger partial charge in [0.25, 0.3) is 0 Å². The number of rotatable bonds is 10. The van der Waals surface area contributed by atoms with E-state index in [9.17, 15) is 5.11 Å². The molecule has 0 saturated heterocycles. The van der Waals surface area contributed by atoms with Gasteiger partial charge in [0.15, 0.2) is 8.32 Å².